The second-order valence-electron chi connectivity index (χ2n) is 7.07. The van der Waals surface area contributed by atoms with Crippen molar-refractivity contribution in [3.63, 3.8) is 0 Å². The average molecular weight is 474 g/mol. The number of sulfonamides is 1. The molecule has 0 aromatic heterocycles. The Bertz CT molecular complexity index is 1290. The van der Waals surface area contributed by atoms with Crippen molar-refractivity contribution in [1.29, 1.82) is 0 Å². The van der Waals surface area contributed by atoms with E-state index in [0.717, 1.165) is 17.3 Å². The SMILES string of the molecule is Cc1ccc(NS(=O)(=O)c2cccc(C(=O)NN=Cc3ccccc3OC(F)F)c2)c(C)c1. The summed E-state index contributed by atoms with van der Waals surface area (Å²) in [6, 6.07) is 16.7. The van der Waals surface area contributed by atoms with E-state index in [-0.39, 0.29) is 21.8 Å². The Morgan fingerprint density at radius 1 is 1.03 bits per heavy atom. The van der Waals surface area contributed by atoms with Gasteiger partial charge in [-0.25, -0.2) is 13.8 Å². The number of rotatable bonds is 8. The standard InChI is InChI=1S/C23H21F2N3O4S/c1-15-10-11-20(16(2)12-15)28-33(30,31)19-8-5-7-17(13-19)22(29)27-26-14-18-6-3-4-9-21(18)32-23(24)25/h3-14,23,28H,1-2H3,(H,27,29). The second-order valence-corrected chi connectivity index (χ2v) is 8.75. The van der Waals surface area contributed by atoms with Crippen LogP contribution in [-0.4, -0.2) is 27.2 Å². The number of amides is 1. The highest BCUT2D eigenvalue weighted by Crippen LogP contribution is 2.22. The van der Waals surface area contributed by atoms with E-state index in [2.05, 4.69) is 20.0 Å². The summed E-state index contributed by atoms with van der Waals surface area (Å²) in [6.07, 6.45) is 1.15. The molecule has 3 aromatic rings. The number of nitrogens with one attached hydrogen (secondary N) is 2. The van der Waals surface area contributed by atoms with Gasteiger partial charge in [0.2, 0.25) is 0 Å². The first-order valence-corrected chi connectivity index (χ1v) is 11.2. The molecule has 1 amide bonds. The molecule has 0 atom stereocenters. The maximum Gasteiger partial charge on any atom is 0.387 e. The molecule has 0 fully saturated rings. The molecular weight excluding hydrogens is 452 g/mol. The third-order valence-electron chi connectivity index (χ3n) is 4.54. The number of alkyl halides is 2. The molecule has 2 N–H and O–H groups in total. The lowest BCUT2D eigenvalue weighted by molar-refractivity contribution is -0.0499. The van der Waals surface area contributed by atoms with E-state index >= 15 is 0 Å². The molecular formula is C23H21F2N3O4S. The zero-order chi connectivity index (χ0) is 24.0. The van der Waals surface area contributed by atoms with Gasteiger partial charge in [0, 0.05) is 11.1 Å². The van der Waals surface area contributed by atoms with Crippen LogP contribution in [0.4, 0.5) is 14.5 Å². The van der Waals surface area contributed by atoms with Gasteiger partial charge in [-0.3, -0.25) is 9.52 Å². The van der Waals surface area contributed by atoms with Gasteiger partial charge in [-0.15, -0.1) is 0 Å². The van der Waals surface area contributed by atoms with E-state index in [1.165, 1.54) is 42.5 Å². The molecule has 7 nitrogen and oxygen atoms in total. The number of nitrogens with zero attached hydrogens (tertiary/aromatic N) is 1. The van der Waals surface area contributed by atoms with Gasteiger partial charge in [-0.05, 0) is 55.8 Å². The zero-order valence-corrected chi connectivity index (χ0v) is 18.6. The van der Waals surface area contributed by atoms with E-state index in [1.54, 1.807) is 25.1 Å². The smallest absolute Gasteiger partial charge is 0.387 e. The van der Waals surface area contributed by atoms with Crippen LogP contribution in [0.2, 0.25) is 0 Å². The molecule has 0 spiro atoms. The number of halogens is 2. The lowest BCUT2D eigenvalue weighted by Gasteiger charge is -2.12. The summed E-state index contributed by atoms with van der Waals surface area (Å²) in [5, 5.41) is 3.75. The minimum atomic E-state index is -3.94. The molecule has 0 aliphatic heterocycles. The molecule has 0 heterocycles. The van der Waals surface area contributed by atoms with E-state index in [9.17, 15) is 22.0 Å². The maximum absolute atomic E-state index is 12.8. The number of carbonyl (C=O) groups excluding carboxylic acids is 1. The van der Waals surface area contributed by atoms with Gasteiger partial charge in [0.1, 0.15) is 5.75 Å². The van der Waals surface area contributed by atoms with Crippen LogP contribution in [0.3, 0.4) is 0 Å². The largest absolute Gasteiger partial charge is 0.434 e. The van der Waals surface area contributed by atoms with Gasteiger partial charge in [-0.2, -0.15) is 13.9 Å². The first-order chi connectivity index (χ1) is 15.7. The third kappa shape index (κ3) is 6.36. The molecule has 0 saturated carbocycles. The Balaban J connectivity index is 1.74. The van der Waals surface area contributed by atoms with Crippen molar-refractivity contribution in [2.24, 2.45) is 5.10 Å². The molecule has 172 valence electrons. The number of para-hydroxylation sites is 1. The fourth-order valence-corrected chi connectivity index (χ4v) is 4.13. The Morgan fingerprint density at radius 2 is 1.79 bits per heavy atom. The van der Waals surface area contributed by atoms with Gasteiger partial charge in [0.25, 0.3) is 15.9 Å². The van der Waals surface area contributed by atoms with Crippen molar-refractivity contribution in [3.05, 3.63) is 89.0 Å². The lowest BCUT2D eigenvalue weighted by Crippen LogP contribution is -2.19. The van der Waals surface area contributed by atoms with E-state index in [0.29, 0.717) is 5.69 Å². The predicted molar refractivity (Wildman–Crippen MR) is 121 cm³/mol. The number of hydrazone groups is 1. The number of anilines is 1. The van der Waals surface area contributed by atoms with Crippen molar-refractivity contribution in [2.75, 3.05) is 4.72 Å². The van der Waals surface area contributed by atoms with E-state index in [4.69, 9.17) is 0 Å². The van der Waals surface area contributed by atoms with Crippen LogP contribution in [0.1, 0.15) is 27.0 Å². The summed E-state index contributed by atoms with van der Waals surface area (Å²) >= 11 is 0. The summed E-state index contributed by atoms with van der Waals surface area (Å²) < 4.78 is 57.5. The van der Waals surface area contributed by atoms with Crippen molar-refractivity contribution in [2.45, 2.75) is 25.4 Å². The topological polar surface area (TPSA) is 96.9 Å². The first-order valence-electron chi connectivity index (χ1n) is 9.73. The van der Waals surface area contributed by atoms with Crippen LogP contribution in [-0.2, 0) is 10.0 Å². The third-order valence-corrected chi connectivity index (χ3v) is 5.90. The number of aryl methyl sites for hydroxylation is 2. The second kappa shape index (κ2) is 10.2. The lowest BCUT2D eigenvalue weighted by atomic mass is 10.1. The molecule has 0 saturated heterocycles. The highest BCUT2D eigenvalue weighted by atomic mass is 32.2. The van der Waals surface area contributed by atoms with Crippen molar-refractivity contribution < 1.29 is 26.7 Å². The normalized spacial score (nSPS) is 11.5. The van der Waals surface area contributed by atoms with Gasteiger partial charge >= 0.3 is 6.61 Å². The van der Waals surface area contributed by atoms with Crippen molar-refractivity contribution in [3.8, 4) is 5.75 Å². The van der Waals surface area contributed by atoms with E-state index < -0.39 is 22.5 Å². The van der Waals surface area contributed by atoms with Crippen LogP contribution < -0.4 is 14.9 Å². The molecule has 3 aromatic carbocycles. The average Bonchev–Trinajstić information content (AvgIpc) is 2.76. The summed E-state index contributed by atoms with van der Waals surface area (Å²) in [7, 11) is -3.94. The Kier molecular flexibility index (Phi) is 7.39. The number of carbonyl (C=O) groups is 1. The molecule has 0 unspecified atom stereocenters. The van der Waals surface area contributed by atoms with Gasteiger partial charge in [-0.1, -0.05) is 35.9 Å². The predicted octanol–water partition coefficient (Wildman–Crippen LogP) is 4.47. The molecule has 0 aliphatic rings. The van der Waals surface area contributed by atoms with Crippen LogP contribution in [0, 0.1) is 13.8 Å². The van der Waals surface area contributed by atoms with Crippen molar-refractivity contribution >= 4 is 27.8 Å². The quantitative estimate of drug-likeness (QED) is 0.373. The fourth-order valence-electron chi connectivity index (χ4n) is 2.95. The van der Waals surface area contributed by atoms with Gasteiger partial charge in [0.05, 0.1) is 16.8 Å². The van der Waals surface area contributed by atoms with Crippen molar-refractivity contribution in [1.82, 2.24) is 5.43 Å². The molecule has 0 bridgehead atoms. The van der Waals surface area contributed by atoms with Gasteiger partial charge < -0.3 is 4.74 Å². The molecule has 33 heavy (non-hydrogen) atoms. The zero-order valence-electron chi connectivity index (χ0n) is 17.7. The Hall–Kier alpha value is -3.79. The maximum atomic E-state index is 12.8. The monoisotopic (exact) mass is 473 g/mol. The molecule has 10 heteroatoms. The Labute approximate surface area is 190 Å². The van der Waals surface area contributed by atoms with Crippen LogP contribution in [0.15, 0.2) is 76.7 Å². The fraction of sp³-hybridized carbons (Fsp3) is 0.130. The highest BCUT2D eigenvalue weighted by molar-refractivity contribution is 7.92. The minimum absolute atomic E-state index is 0.0489. The number of benzene rings is 3. The molecule has 0 aliphatic carbocycles. The van der Waals surface area contributed by atoms with Crippen LogP contribution in [0.5, 0.6) is 5.75 Å². The summed E-state index contributed by atoms with van der Waals surface area (Å²) in [6.45, 7) is 0.688. The Morgan fingerprint density at radius 3 is 2.52 bits per heavy atom. The highest BCUT2D eigenvalue weighted by Gasteiger charge is 2.17. The van der Waals surface area contributed by atoms with E-state index in [1.807, 2.05) is 13.0 Å². The number of hydrogen-bond acceptors (Lipinski definition) is 5. The first kappa shape index (κ1) is 23.9. The summed E-state index contributed by atoms with van der Waals surface area (Å²) in [5.41, 5.74) is 4.72. The summed E-state index contributed by atoms with van der Waals surface area (Å²) in [4.78, 5) is 12.3. The minimum Gasteiger partial charge on any atom is -0.434 e. The van der Waals surface area contributed by atoms with Crippen LogP contribution in [0.25, 0.3) is 0 Å². The summed E-state index contributed by atoms with van der Waals surface area (Å²) in [5.74, 6) is -0.780. The number of ether oxygens (including phenoxy) is 1. The van der Waals surface area contributed by atoms with Crippen LogP contribution >= 0.6 is 0 Å². The van der Waals surface area contributed by atoms with Gasteiger partial charge in [0.15, 0.2) is 0 Å². The molecule has 0 radical (unpaired) electrons. The molecule has 3 rings (SSSR count). The number of hydrogen-bond donors (Lipinski definition) is 2.